The third-order valence-electron chi connectivity index (χ3n) is 4.50. The first-order valence-corrected chi connectivity index (χ1v) is 9.73. The average molecular weight is 381 g/mol. The van der Waals surface area contributed by atoms with Crippen LogP contribution in [0.15, 0.2) is 36.4 Å². The summed E-state index contributed by atoms with van der Waals surface area (Å²) in [5.41, 5.74) is 5.39. The van der Waals surface area contributed by atoms with Crippen molar-refractivity contribution in [1.82, 2.24) is 15.4 Å². The van der Waals surface area contributed by atoms with Crippen LogP contribution in [-0.2, 0) is 11.2 Å². The van der Waals surface area contributed by atoms with Crippen molar-refractivity contribution in [2.24, 2.45) is 0 Å². The second-order valence-electron chi connectivity index (χ2n) is 6.52. The van der Waals surface area contributed by atoms with Crippen LogP contribution in [0.2, 0.25) is 0 Å². The van der Waals surface area contributed by atoms with Crippen molar-refractivity contribution in [3.8, 4) is 0 Å². The summed E-state index contributed by atoms with van der Waals surface area (Å²) in [5.74, 6) is -0.162. The lowest BCUT2D eigenvalue weighted by molar-refractivity contribution is -0.113. The number of H-pyrrole nitrogens is 1. The number of carbonyl (C=O) groups is 2. The SMILES string of the molecule is Cc1ccc2c(c1)CCCN2C(=O)SCC(=O)Nc1ccc2n[nH]nc2c1. The molecule has 1 aromatic heterocycles. The van der Waals surface area contributed by atoms with Crippen LogP contribution in [0, 0.1) is 6.92 Å². The second-order valence-corrected chi connectivity index (χ2v) is 7.44. The number of nitrogens with one attached hydrogen (secondary N) is 2. The van der Waals surface area contributed by atoms with Crippen LogP contribution in [0.4, 0.5) is 16.2 Å². The van der Waals surface area contributed by atoms with Crippen LogP contribution in [0.5, 0.6) is 0 Å². The van der Waals surface area contributed by atoms with E-state index in [1.807, 2.05) is 12.1 Å². The normalized spacial score (nSPS) is 13.4. The summed E-state index contributed by atoms with van der Waals surface area (Å²) in [5, 5.41) is 13.2. The standard InChI is InChI=1S/C19H19N5O2S/c1-12-4-7-17-13(9-12)3-2-8-24(17)19(26)27-11-18(25)20-14-5-6-15-16(10-14)22-23-21-15/h4-7,9-10H,2-3,8,11H2,1H3,(H,20,25)(H,21,22,23). The van der Waals surface area contributed by atoms with Gasteiger partial charge in [0.1, 0.15) is 11.0 Å². The first-order chi connectivity index (χ1) is 13.1. The van der Waals surface area contributed by atoms with Crippen LogP contribution < -0.4 is 10.2 Å². The predicted molar refractivity (Wildman–Crippen MR) is 107 cm³/mol. The zero-order chi connectivity index (χ0) is 18.8. The van der Waals surface area contributed by atoms with Crippen molar-refractivity contribution in [2.45, 2.75) is 19.8 Å². The van der Waals surface area contributed by atoms with Gasteiger partial charge in [0.05, 0.1) is 5.75 Å². The number of anilines is 2. The van der Waals surface area contributed by atoms with Crippen molar-refractivity contribution < 1.29 is 9.59 Å². The Bertz CT molecular complexity index is 1020. The number of amides is 2. The van der Waals surface area contributed by atoms with E-state index in [0.29, 0.717) is 17.7 Å². The first-order valence-electron chi connectivity index (χ1n) is 8.74. The maximum absolute atomic E-state index is 12.6. The smallest absolute Gasteiger partial charge is 0.286 e. The van der Waals surface area contributed by atoms with E-state index in [9.17, 15) is 9.59 Å². The number of aromatic nitrogens is 3. The minimum absolute atomic E-state index is 0.0629. The van der Waals surface area contributed by atoms with E-state index in [1.165, 1.54) is 11.1 Å². The first kappa shape index (κ1) is 17.5. The molecule has 2 heterocycles. The summed E-state index contributed by atoms with van der Waals surface area (Å²) in [6, 6.07) is 11.4. The molecule has 2 aromatic carbocycles. The lowest BCUT2D eigenvalue weighted by Crippen LogP contribution is -2.33. The van der Waals surface area contributed by atoms with Gasteiger partial charge in [0.25, 0.3) is 5.24 Å². The number of aryl methyl sites for hydroxylation is 2. The molecule has 2 amide bonds. The number of carbonyl (C=O) groups excluding carboxylic acids is 2. The van der Waals surface area contributed by atoms with Crippen molar-refractivity contribution in [3.63, 3.8) is 0 Å². The van der Waals surface area contributed by atoms with E-state index in [1.54, 1.807) is 23.1 Å². The number of rotatable bonds is 3. The van der Waals surface area contributed by atoms with Crippen LogP contribution in [0.3, 0.4) is 0 Å². The molecule has 1 aliphatic heterocycles. The average Bonchev–Trinajstić information content (AvgIpc) is 3.13. The lowest BCUT2D eigenvalue weighted by Gasteiger charge is -2.29. The molecule has 7 nitrogen and oxygen atoms in total. The Labute approximate surface area is 160 Å². The third-order valence-corrected chi connectivity index (χ3v) is 5.37. The van der Waals surface area contributed by atoms with Crippen LogP contribution >= 0.6 is 11.8 Å². The Balaban J connectivity index is 1.37. The maximum Gasteiger partial charge on any atom is 0.286 e. The topological polar surface area (TPSA) is 91.0 Å². The van der Waals surface area contributed by atoms with Gasteiger partial charge in [0.2, 0.25) is 5.91 Å². The van der Waals surface area contributed by atoms with Gasteiger partial charge in [-0.25, -0.2) is 0 Å². The number of hydrogen-bond acceptors (Lipinski definition) is 5. The molecule has 27 heavy (non-hydrogen) atoms. The predicted octanol–water partition coefficient (Wildman–Crippen LogP) is 3.51. The van der Waals surface area contributed by atoms with Gasteiger partial charge in [0.15, 0.2) is 0 Å². The summed E-state index contributed by atoms with van der Waals surface area (Å²) >= 11 is 1.02. The van der Waals surface area contributed by atoms with E-state index in [4.69, 9.17) is 0 Å². The quantitative estimate of drug-likeness (QED) is 0.724. The molecule has 4 rings (SSSR count). The number of aromatic amines is 1. The number of fused-ring (bicyclic) bond motifs is 2. The summed E-state index contributed by atoms with van der Waals surface area (Å²) in [7, 11) is 0. The fourth-order valence-corrected chi connectivity index (χ4v) is 3.91. The number of hydrogen-bond donors (Lipinski definition) is 2. The number of thioether (sulfide) groups is 1. The van der Waals surface area contributed by atoms with E-state index < -0.39 is 0 Å². The molecule has 0 saturated heterocycles. The van der Waals surface area contributed by atoms with Gasteiger partial charge in [-0.2, -0.15) is 15.4 Å². The number of nitrogens with zero attached hydrogens (tertiary/aromatic N) is 3. The highest BCUT2D eigenvalue weighted by molar-refractivity contribution is 8.14. The molecule has 0 radical (unpaired) electrons. The van der Waals surface area contributed by atoms with Crippen molar-refractivity contribution in [2.75, 3.05) is 22.5 Å². The molecule has 2 N–H and O–H groups in total. The highest BCUT2D eigenvalue weighted by atomic mass is 32.2. The summed E-state index contributed by atoms with van der Waals surface area (Å²) < 4.78 is 0. The van der Waals surface area contributed by atoms with Crippen LogP contribution in [0.1, 0.15) is 17.5 Å². The molecule has 0 atom stereocenters. The van der Waals surface area contributed by atoms with E-state index in [-0.39, 0.29) is 16.9 Å². The van der Waals surface area contributed by atoms with Gasteiger partial charge in [0, 0.05) is 17.9 Å². The minimum Gasteiger partial charge on any atom is -0.325 e. The van der Waals surface area contributed by atoms with Gasteiger partial charge in [-0.05, 0) is 49.6 Å². The molecule has 3 aromatic rings. The van der Waals surface area contributed by atoms with Crippen molar-refractivity contribution >= 4 is 45.3 Å². The zero-order valence-electron chi connectivity index (χ0n) is 14.9. The lowest BCUT2D eigenvalue weighted by atomic mass is 10.0. The molecule has 0 bridgehead atoms. The van der Waals surface area contributed by atoms with Crippen LogP contribution in [0.25, 0.3) is 11.0 Å². The second kappa shape index (κ2) is 7.40. The van der Waals surface area contributed by atoms with Gasteiger partial charge >= 0.3 is 0 Å². The van der Waals surface area contributed by atoms with Gasteiger partial charge < -0.3 is 10.2 Å². The Morgan fingerprint density at radius 3 is 2.93 bits per heavy atom. The molecule has 0 spiro atoms. The van der Waals surface area contributed by atoms with Gasteiger partial charge in [-0.15, -0.1) is 0 Å². The Morgan fingerprint density at radius 2 is 2.04 bits per heavy atom. The molecule has 138 valence electrons. The van der Waals surface area contributed by atoms with Gasteiger partial charge in [-0.3, -0.25) is 9.59 Å². The Kier molecular flexibility index (Phi) is 4.81. The molecule has 1 aliphatic rings. The molecule has 0 saturated carbocycles. The molecular formula is C19H19N5O2S. The molecule has 0 unspecified atom stereocenters. The maximum atomic E-state index is 12.6. The number of benzene rings is 2. The summed E-state index contributed by atoms with van der Waals surface area (Å²) in [6.07, 6.45) is 1.92. The van der Waals surface area contributed by atoms with E-state index in [2.05, 4.69) is 33.7 Å². The largest absolute Gasteiger partial charge is 0.325 e. The van der Waals surface area contributed by atoms with Crippen molar-refractivity contribution in [1.29, 1.82) is 0 Å². The summed E-state index contributed by atoms with van der Waals surface area (Å²) in [4.78, 5) is 26.6. The van der Waals surface area contributed by atoms with Gasteiger partial charge in [-0.1, -0.05) is 29.5 Å². The fourth-order valence-electron chi connectivity index (χ4n) is 3.24. The van der Waals surface area contributed by atoms with E-state index >= 15 is 0 Å². The molecular weight excluding hydrogens is 362 g/mol. The zero-order valence-corrected chi connectivity index (χ0v) is 15.7. The monoisotopic (exact) mass is 381 g/mol. The Hall–Kier alpha value is -2.87. The van der Waals surface area contributed by atoms with E-state index in [0.717, 1.165) is 35.8 Å². The summed E-state index contributed by atoms with van der Waals surface area (Å²) in [6.45, 7) is 2.74. The highest BCUT2D eigenvalue weighted by Gasteiger charge is 2.23. The Morgan fingerprint density at radius 1 is 1.19 bits per heavy atom. The molecule has 0 aliphatic carbocycles. The molecule has 0 fully saturated rings. The van der Waals surface area contributed by atoms with Crippen LogP contribution in [-0.4, -0.2) is 38.9 Å². The molecule has 8 heteroatoms. The minimum atomic E-state index is -0.225. The third kappa shape index (κ3) is 3.80. The van der Waals surface area contributed by atoms with Crippen molar-refractivity contribution in [3.05, 3.63) is 47.5 Å². The fraction of sp³-hybridized carbons (Fsp3) is 0.263. The highest BCUT2D eigenvalue weighted by Crippen LogP contribution is 2.30.